The molecular formula is C14H19Cl2N3O2. The zero-order chi connectivity index (χ0) is 15.7. The number of benzene rings is 1. The number of nitrogens with zero attached hydrogens (tertiary/aromatic N) is 1. The molecule has 21 heavy (non-hydrogen) atoms. The number of nitrogens with two attached hydrogens (primary N) is 1. The highest BCUT2D eigenvalue weighted by Gasteiger charge is 2.11. The molecule has 1 amide bonds. The van der Waals surface area contributed by atoms with E-state index in [2.05, 4.69) is 10.3 Å². The molecule has 0 saturated heterocycles. The summed E-state index contributed by atoms with van der Waals surface area (Å²) >= 11 is 12.0. The fraction of sp³-hybridized carbons (Fsp3) is 0.429. The van der Waals surface area contributed by atoms with Crippen LogP contribution in [0.15, 0.2) is 23.2 Å². The van der Waals surface area contributed by atoms with Gasteiger partial charge in [0.05, 0.1) is 6.42 Å². The van der Waals surface area contributed by atoms with Crippen molar-refractivity contribution in [3.8, 4) is 0 Å². The number of rotatable bonds is 7. The number of hydrogen-bond acceptors (Lipinski definition) is 3. The van der Waals surface area contributed by atoms with Gasteiger partial charge in [0.2, 0.25) is 5.91 Å². The van der Waals surface area contributed by atoms with Crippen LogP contribution in [0.3, 0.4) is 0 Å². The lowest BCUT2D eigenvalue weighted by Gasteiger charge is -2.07. The van der Waals surface area contributed by atoms with E-state index in [0.717, 1.165) is 19.3 Å². The van der Waals surface area contributed by atoms with Crippen LogP contribution in [0.1, 0.15) is 24.8 Å². The Morgan fingerprint density at radius 3 is 2.52 bits per heavy atom. The Balaban J connectivity index is 2.44. The molecule has 5 nitrogen and oxygen atoms in total. The van der Waals surface area contributed by atoms with Crippen molar-refractivity contribution in [2.75, 3.05) is 13.2 Å². The number of carbonyl (C=O) groups is 1. The third-order valence-electron chi connectivity index (χ3n) is 2.76. The summed E-state index contributed by atoms with van der Waals surface area (Å²) in [6, 6.07) is 5.07. The fourth-order valence-electron chi connectivity index (χ4n) is 1.69. The average Bonchev–Trinajstić information content (AvgIpc) is 2.43. The van der Waals surface area contributed by atoms with Gasteiger partial charge in [0, 0.05) is 23.2 Å². The van der Waals surface area contributed by atoms with Gasteiger partial charge in [-0.15, -0.1) is 0 Å². The number of carbonyl (C=O) groups excluding carboxylic acids is 1. The first kappa shape index (κ1) is 17.8. The van der Waals surface area contributed by atoms with Crippen LogP contribution in [0.2, 0.25) is 10.0 Å². The number of amides is 1. The van der Waals surface area contributed by atoms with Crippen LogP contribution in [0.25, 0.3) is 0 Å². The summed E-state index contributed by atoms with van der Waals surface area (Å²) in [6.07, 6.45) is 2.47. The summed E-state index contributed by atoms with van der Waals surface area (Å²) in [5.41, 5.74) is 6.19. The van der Waals surface area contributed by atoms with Gasteiger partial charge in [0.1, 0.15) is 0 Å². The van der Waals surface area contributed by atoms with Crippen molar-refractivity contribution < 1.29 is 9.90 Å². The molecular weight excluding hydrogens is 313 g/mol. The lowest BCUT2D eigenvalue weighted by Crippen LogP contribution is -2.38. The van der Waals surface area contributed by atoms with Crippen LogP contribution in [-0.2, 0) is 11.2 Å². The Hall–Kier alpha value is -1.30. The Kier molecular flexibility index (Phi) is 8.12. The van der Waals surface area contributed by atoms with Crippen molar-refractivity contribution in [2.24, 2.45) is 10.7 Å². The Bertz CT molecular complexity index is 487. The van der Waals surface area contributed by atoms with E-state index in [1.807, 2.05) is 0 Å². The summed E-state index contributed by atoms with van der Waals surface area (Å²) in [4.78, 5) is 15.9. The van der Waals surface area contributed by atoms with Crippen molar-refractivity contribution in [3.63, 3.8) is 0 Å². The highest BCUT2D eigenvalue weighted by Crippen LogP contribution is 2.24. The molecule has 0 fully saturated rings. The number of aliphatic imine (C=N–C) groups is 1. The SMILES string of the molecule is NC(=NCCCCCO)NC(=O)Cc1c(Cl)cccc1Cl. The van der Waals surface area contributed by atoms with Crippen molar-refractivity contribution in [2.45, 2.75) is 25.7 Å². The molecule has 0 bridgehead atoms. The summed E-state index contributed by atoms with van der Waals surface area (Å²) in [5.74, 6) is -0.242. The van der Waals surface area contributed by atoms with Gasteiger partial charge in [0.25, 0.3) is 0 Å². The van der Waals surface area contributed by atoms with Gasteiger partial charge < -0.3 is 10.8 Å². The van der Waals surface area contributed by atoms with Crippen LogP contribution in [-0.4, -0.2) is 30.1 Å². The van der Waals surface area contributed by atoms with Gasteiger partial charge in [0.15, 0.2) is 5.96 Å². The summed E-state index contributed by atoms with van der Waals surface area (Å²) < 4.78 is 0. The number of guanidine groups is 1. The van der Waals surface area contributed by atoms with Crippen LogP contribution in [0, 0.1) is 0 Å². The van der Waals surface area contributed by atoms with E-state index in [0.29, 0.717) is 22.2 Å². The second-order valence-corrected chi connectivity index (χ2v) is 5.29. The molecule has 7 heteroatoms. The smallest absolute Gasteiger partial charge is 0.231 e. The van der Waals surface area contributed by atoms with Crippen LogP contribution < -0.4 is 11.1 Å². The van der Waals surface area contributed by atoms with E-state index in [4.69, 9.17) is 34.0 Å². The topological polar surface area (TPSA) is 87.7 Å². The fourth-order valence-corrected chi connectivity index (χ4v) is 2.22. The summed E-state index contributed by atoms with van der Waals surface area (Å²) in [6.45, 7) is 0.688. The van der Waals surface area contributed by atoms with Gasteiger partial charge in [-0.1, -0.05) is 29.3 Å². The molecule has 0 spiro atoms. The maximum absolute atomic E-state index is 11.8. The highest BCUT2D eigenvalue weighted by molar-refractivity contribution is 6.36. The number of unbranched alkanes of at least 4 members (excludes halogenated alkanes) is 2. The third-order valence-corrected chi connectivity index (χ3v) is 3.47. The summed E-state index contributed by atoms with van der Waals surface area (Å²) in [7, 11) is 0. The predicted octanol–water partition coefficient (Wildman–Crippen LogP) is 2.13. The number of hydrogen-bond donors (Lipinski definition) is 3. The van der Waals surface area contributed by atoms with Crippen LogP contribution in [0.4, 0.5) is 0 Å². The predicted molar refractivity (Wildman–Crippen MR) is 85.7 cm³/mol. The van der Waals surface area contributed by atoms with E-state index >= 15 is 0 Å². The van der Waals surface area contributed by atoms with Gasteiger partial charge >= 0.3 is 0 Å². The molecule has 0 atom stereocenters. The molecule has 4 N–H and O–H groups in total. The molecule has 1 aromatic carbocycles. The largest absolute Gasteiger partial charge is 0.396 e. The van der Waals surface area contributed by atoms with Gasteiger partial charge in [-0.3, -0.25) is 15.1 Å². The normalized spacial score (nSPS) is 11.5. The maximum Gasteiger partial charge on any atom is 0.231 e. The second kappa shape index (κ2) is 9.60. The van der Waals surface area contributed by atoms with Crippen LogP contribution >= 0.6 is 23.2 Å². The maximum atomic E-state index is 11.8. The van der Waals surface area contributed by atoms with Gasteiger partial charge in [-0.25, -0.2) is 0 Å². The number of aliphatic hydroxyl groups is 1. The molecule has 0 unspecified atom stereocenters. The first-order valence-corrected chi connectivity index (χ1v) is 7.43. The minimum Gasteiger partial charge on any atom is -0.396 e. The monoisotopic (exact) mass is 331 g/mol. The highest BCUT2D eigenvalue weighted by atomic mass is 35.5. The molecule has 0 aromatic heterocycles. The molecule has 0 aliphatic heterocycles. The second-order valence-electron chi connectivity index (χ2n) is 4.48. The van der Waals surface area contributed by atoms with Crippen LogP contribution in [0.5, 0.6) is 0 Å². The Labute approximate surface area is 134 Å². The Morgan fingerprint density at radius 1 is 1.24 bits per heavy atom. The van der Waals surface area contributed by atoms with E-state index in [-0.39, 0.29) is 24.9 Å². The van der Waals surface area contributed by atoms with Crippen molar-refractivity contribution in [1.29, 1.82) is 0 Å². The lowest BCUT2D eigenvalue weighted by atomic mass is 10.1. The first-order valence-electron chi connectivity index (χ1n) is 6.68. The third kappa shape index (κ3) is 6.80. The van der Waals surface area contributed by atoms with Gasteiger partial charge in [-0.05, 0) is 37.0 Å². The standard InChI is InChI=1S/C14H19Cl2N3O2/c15-11-5-4-6-12(16)10(11)9-13(21)19-14(17)18-7-2-1-3-8-20/h4-6,20H,1-3,7-9H2,(H3,17,18,19,21). The van der Waals surface area contributed by atoms with Crippen molar-refractivity contribution in [1.82, 2.24) is 5.32 Å². The average molecular weight is 332 g/mol. The van der Waals surface area contributed by atoms with E-state index in [9.17, 15) is 4.79 Å². The van der Waals surface area contributed by atoms with Gasteiger partial charge in [-0.2, -0.15) is 0 Å². The first-order chi connectivity index (χ1) is 10.0. The van der Waals surface area contributed by atoms with E-state index in [1.165, 1.54) is 0 Å². The van der Waals surface area contributed by atoms with Crippen molar-refractivity contribution in [3.05, 3.63) is 33.8 Å². The number of aliphatic hydroxyl groups excluding tert-OH is 1. The van der Waals surface area contributed by atoms with E-state index in [1.54, 1.807) is 18.2 Å². The minimum atomic E-state index is -0.318. The summed E-state index contributed by atoms with van der Waals surface area (Å²) in [5, 5.41) is 12.0. The zero-order valence-corrected chi connectivity index (χ0v) is 13.1. The lowest BCUT2D eigenvalue weighted by molar-refractivity contribution is -0.119. The van der Waals surface area contributed by atoms with E-state index < -0.39 is 0 Å². The molecule has 1 aromatic rings. The molecule has 0 aliphatic carbocycles. The molecule has 0 heterocycles. The number of nitrogens with one attached hydrogen (secondary N) is 1. The molecule has 0 saturated carbocycles. The quantitative estimate of drug-likeness (QED) is 0.406. The molecule has 0 aliphatic rings. The molecule has 0 radical (unpaired) electrons. The minimum absolute atomic E-state index is 0.0409. The zero-order valence-electron chi connectivity index (χ0n) is 11.6. The number of halogens is 2. The van der Waals surface area contributed by atoms with Crippen molar-refractivity contribution >= 4 is 35.1 Å². The molecule has 116 valence electrons. The Morgan fingerprint density at radius 2 is 1.90 bits per heavy atom. The molecule has 1 rings (SSSR count).